The van der Waals surface area contributed by atoms with Crippen LogP contribution in [0.15, 0.2) is 0 Å². The lowest BCUT2D eigenvalue weighted by atomic mass is 10.1. The number of aliphatic hydroxyl groups excluding tert-OH is 1. The van der Waals surface area contributed by atoms with Gasteiger partial charge < -0.3 is 14.7 Å². The van der Waals surface area contributed by atoms with Crippen molar-refractivity contribution >= 4 is 17.7 Å². The first-order valence-corrected chi connectivity index (χ1v) is 5.40. The Morgan fingerprint density at radius 1 is 1.71 bits per heavy atom. The molecule has 1 N–H and O–H groups in total. The van der Waals surface area contributed by atoms with Gasteiger partial charge in [-0.1, -0.05) is 0 Å². The second-order valence-corrected chi connectivity index (χ2v) is 3.75. The first-order chi connectivity index (χ1) is 6.69. The van der Waals surface area contributed by atoms with Crippen LogP contribution in [0.5, 0.6) is 0 Å². The van der Waals surface area contributed by atoms with Crippen molar-refractivity contribution in [3.63, 3.8) is 0 Å². The van der Waals surface area contributed by atoms with Gasteiger partial charge in [-0.15, -0.1) is 11.6 Å². The summed E-state index contributed by atoms with van der Waals surface area (Å²) in [6.45, 7) is 2.49. The average Bonchev–Trinajstić information content (AvgIpc) is 2.48. The van der Waals surface area contributed by atoms with Crippen LogP contribution in [-0.4, -0.2) is 47.3 Å². The van der Waals surface area contributed by atoms with E-state index in [1.165, 1.54) is 0 Å². The van der Waals surface area contributed by atoms with E-state index >= 15 is 0 Å². The quantitative estimate of drug-likeness (QED) is 0.729. The molecule has 0 aromatic heterocycles. The van der Waals surface area contributed by atoms with Gasteiger partial charge in [-0.2, -0.15) is 0 Å². The third-order valence-electron chi connectivity index (χ3n) is 2.34. The van der Waals surface area contributed by atoms with Gasteiger partial charge in [0.2, 0.25) is 0 Å². The summed E-state index contributed by atoms with van der Waals surface area (Å²) >= 11 is 5.62. The van der Waals surface area contributed by atoms with Gasteiger partial charge in [-0.3, -0.25) is 0 Å². The lowest BCUT2D eigenvalue weighted by Gasteiger charge is -2.22. The van der Waals surface area contributed by atoms with Crippen LogP contribution in [0.2, 0.25) is 0 Å². The summed E-state index contributed by atoms with van der Waals surface area (Å²) in [5, 5.41) is 9.42. The van der Waals surface area contributed by atoms with Gasteiger partial charge in [0.05, 0.1) is 19.3 Å². The van der Waals surface area contributed by atoms with Gasteiger partial charge in [-0.25, -0.2) is 4.79 Å². The second-order valence-electron chi connectivity index (χ2n) is 3.37. The predicted octanol–water partition coefficient (Wildman–Crippen LogP) is 1.21. The van der Waals surface area contributed by atoms with Crippen molar-refractivity contribution in [2.24, 2.45) is 0 Å². The van der Waals surface area contributed by atoms with Crippen molar-refractivity contribution < 1.29 is 14.6 Å². The maximum Gasteiger partial charge on any atom is 0.410 e. The van der Waals surface area contributed by atoms with Crippen molar-refractivity contribution in [1.82, 2.24) is 4.90 Å². The number of carbonyl (C=O) groups is 1. The van der Waals surface area contributed by atoms with Gasteiger partial charge in [0, 0.05) is 11.9 Å². The molecular weight excluding hydrogens is 206 g/mol. The summed E-state index contributed by atoms with van der Waals surface area (Å²) in [5.74, 6) is 0.493. The Balaban J connectivity index is 2.52. The number of halogens is 1. The van der Waals surface area contributed by atoms with Gasteiger partial charge in [0.1, 0.15) is 0 Å². The van der Waals surface area contributed by atoms with Crippen LogP contribution < -0.4 is 0 Å². The summed E-state index contributed by atoms with van der Waals surface area (Å²) in [5.41, 5.74) is 0. The van der Waals surface area contributed by atoms with Crippen LogP contribution in [0.25, 0.3) is 0 Å². The Labute approximate surface area is 88.8 Å². The minimum Gasteiger partial charge on any atom is -0.450 e. The maximum absolute atomic E-state index is 11.4. The van der Waals surface area contributed by atoms with E-state index in [9.17, 15) is 9.90 Å². The first kappa shape index (κ1) is 11.6. The number of hydrogen-bond donors (Lipinski definition) is 1. The topological polar surface area (TPSA) is 49.8 Å². The molecule has 14 heavy (non-hydrogen) atoms. The van der Waals surface area contributed by atoms with Crippen molar-refractivity contribution in [1.29, 1.82) is 0 Å². The largest absolute Gasteiger partial charge is 0.450 e. The van der Waals surface area contributed by atoms with Gasteiger partial charge in [0.15, 0.2) is 0 Å². The number of nitrogens with zero attached hydrogens (tertiary/aromatic N) is 1. The number of β-amino-alcohol motifs (C(OH)–C–C–N with tert-alkyl or cyclic N) is 1. The number of hydrogen-bond acceptors (Lipinski definition) is 3. The fourth-order valence-corrected chi connectivity index (χ4v) is 1.97. The normalized spacial score (nSPS) is 26.6. The molecule has 1 fully saturated rings. The second kappa shape index (κ2) is 5.41. The zero-order valence-corrected chi connectivity index (χ0v) is 9.04. The number of alkyl halides is 1. The van der Waals surface area contributed by atoms with Crippen LogP contribution in [0, 0.1) is 0 Å². The highest BCUT2D eigenvalue weighted by atomic mass is 35.5. The van der Waals surface area contributed by atoms with Crippen LogP contribution >= 0.6 is 11.6 Å². The van der Waals surface area contributed by atoms with E-state index in [1.54, 1.807) is 11.8 Å². The van der Waals surface area contributed by atoms with Crippen LogP contribution in [0.3, 0.4) is 0 Å². The number of ether oxygens (including phenoxy) is 1. The molecule has 0 radical (unpaired) electrons. The molecule has 1 heterocycles. The standard InChI is InChI=1S/C9H16ClNO3/c1-2-14-9(13)11-6-8(12)5-7(11)3-4-10/h7-8,12H,2-6H2,1H3. The molecular formula is C9H16ClNO3. The molecule has 0 bridgehead atoms. The van der Waals surface area contributed by atoms with Crippen molar-refractivity contribution in [2.75, 3.05) is 19.0 Å². The van der Waals surface area contributed by atoms with Gasteiger partial charge in [-0.05, 0) is 19.8 Å². The minimum absolute atomic E-state index is 0.0292. The Hall–Kier alpha value is -0.480. The zero-order valence-electron chi connectivity index (χ0n) is 8.28. The molecule has 1 aliphatic heterocycles. The summed E-state index contributed by atoms with van der Waals surface area (Å²) < 4.78 is 4.88. The third kappa shape index (κ3) is 2.75. The van der Waals surface area contributed by atoms with E-state index in [0.717, 1.165) is 0 Å². The zero-order chi connectivity index (χ0) is 10.6. The van der Waals surface area contributed by atoms with E-state index in [0.29, 0.717) is 31.9 Å². The lowest BCUT2D eigenvalue weighted by molar-refractivity contribution is 0.0972. The Bertz CT molecular complexity index is 200. The summed E-state index contributed by atoms with van der Waals surface area (Å²) in [6, 6.07) is 0.0292. The molecule has 0 aliphatic carbocycles. The molecule has 1 aliphatic rings. The number of carbonyl (C=O) groups excluding carboxylic acids is 1. The van der Waals surface area contributed by atoms with E-state index in [2.05, 4.69) is 0 Å². The Morgan fingerprint density at radius 3 is 3.00 bits per heavy atom. The fraction of sp³-hybridized carbons (Fsp3) is 0.889. The van der Waals surface area contributed by atoms with Gasteiger partial charge >= 0.3 is 6.09 Å². The lowest BCUT2D eigenvalue weighted by Crippen LogP contribution is -2.36. The molecule has 0 aromatic carbocycles. The molecule has 0 saturated carbocycles. The monoisotopic (exact) mass is 221 g/mol. The van der Waals surface area contributed by atoms with E-state index in [4.69, 9.17) is 16.3 Å². The molecule has 2 unspecified atom stereocenters. The number of rotatable bonds is 3. The molecule has 82 valence electrons. The molecule has 2 atom stereocenters. The van der Waals surface area contributed by atoms with Gasteiger partial charge in [0.25, 0.3) is 0 Å². The number of amides is 1. The van der Waals surface area contributed by atoms with E-state index in [1.807, 2.05) is 0 Å². The Morgan fingerprint density at radius 2 is 2.43 bits per heavy atom. The summed E-state index contributed by atoms with van der Waals surface area (Å²) in [7, 11) is 0. The molecule has 5 heteroatoms. The molecule has 0 spiro atoms. The highest BCUT2D eigenvalue weighted by Crippen LogP contribution is 2.21. The summed E-state index contributed by atoms with van der Waals surface area (Å²) in [6.07, 6.45) is 0.523. The molecule has 1 amide bonds. The average molecular weight is 222 g/mol. The number of likely N-dealkylation sites (tertiary alicyclic amines) is 1. The Kier molecular flexibility index (Phi) is 4.48. The maximum atomic E-state index is 11.4. The van der Waals surface area contributed by atoms with Crippen molar-refractivity contribution in [3.8, 4) is 0 Å². The van der Waals surface area contributed by atoms with E-state index < -0.39 is 6.10 Å². The molecule has 0 aromatic rings. The van der Waals surface area contributed by atoms with Crippen LogP contribution in [0.1, 0.15) is 19.8 Å². The fourth-order valence-electron chi connectivity index (χ4n) is 1.72. The van der Waals surface area contributed by atoms with Crippen molar-refractivity contribution in [3.05, 3.63) is 0 Å². The van der Waals surface area contributed by atoms with E-state index in [-0.39, 0.29) is 12.1 Å². The van der Waals surface area contributed by atoms with Crippen LogP contribution in [-0.2, 0) is 4.74 Å². The number of aliphatic hydroxyl groups is 1. The van der Waals surface area contributed by atoms with Crippen LogP contribution in [0.4, 0.5) is 4.79 Å². The first-order valence-electron chi connectivity index (χ1n) is 4.86. The smallest absolute Gasteiger partial charge is 0.410 e. The summed E-state index contributed by atoms with van der Waals surface area (Å²) in [4.78, 5) is 13.0. The minimum atomic E-state index is -0.437. The highest BCUT2D eigenvalue weighted by molar-refractivity contribution is 6.17. The molecule has 1 saturated heterocycles. The predicted molar refractivity (Wildman–Crippen MR) is 53.5 cm³/mol. The molecule has 1 rings (SSSR count). The third-order valence-corrected chi connectivity index (χ3v) is 2.56. The van der Waals surface area contributed by atoms with Crippen molar-refractivity contribution in [2.45, 2.75) is 31.9 Å². The molecule has 4 nitrogen and oxygen atoms in total. The SMILES string of the molecule is CCOC(=O)N1CC(O)CC1CCCl. The highest BCUT2D eigenvalue weighted by Gasteiger charge is 2.34.